The van der Waals surface area contributed by atoms with E-state index in [9.17, 15) is 4.79 Å². The Kier molecular flexibility index (Phi) is 5.66. The number of amides is 1. The lowest BCUT2D eigenvalue weighted by molar-refractivity contribution is -0.674. The second-order valence-corrected chi connectivity index (χ2v) is 6.59. The Morgan fingerprint density at radius 2 is 1.89 bits per heavy atom. The summed E-state index contributed by atoms with van der Waals surface area (Å²) >= 11 is 0. The van der Waals surface area contributed by atoms with Gasteiger partial charge in [-0.25, -0.2) is 0 Å². The lowest BCUT2D eigenvalue weighted by Crippen LogP contribution is -2.92. The molecule has 6 nitrogen and oxygen atoms in total. The fraction of sp³-hybridized carbons (Fsp3) is 0.286. The second-order valence-electron chi connectivity index (χ2n) is 6.59. The topological polar surface area (TPSA) is 94.0 Å². The molecule has 0 saturated heterocycles. The smallest absolute Gasteiger partial charge is 0.275 e. The van der Waals surface area contributed by atoms with Gasteiger partial charge in [-0.15, -0.1) is 0 Å². The van der Waals surface area contributed by atoms with Crippen molar-refractivity contribution in [3.05, 3.63) is 59.8 Å². The van der Waals surface area contributed by atoms with Crippen molar-refractivity contribution in [2.75, 3.05) is 20.8 Å². The molecule has 0 aliphatic rings. The van der Waals surface area contributed by atoms with E-state index in [4.69, 9.17) is 15.2 Å². The van der Waals surface area contributed by atoms with Gasteiger partial charge in [0, 0.05) is 22.7 Å². The molecule has 5 N–H and O–H groups in total. The lowest BCUT2D eigenvalue weighted by Gasteiger charge is -2.21. The number of nitrogens with two attached hydrogens (primary N) is 2. The maximum Gasteiger partial charge on any atom is 0.275 e. The number of hydrogen-bond acceptors (Lipinski definition) is 3. The number of fused-ring (bicyclic) bond motifs is 1. The van der Waals surface area contributed by atoms with Gasteiger partial charge in [-0.3, -0.25) is 4.79 Å². The van der Waals surface area contributed by atoms with Crippen LogP contribution in [0.3, 0.4) is 0 Å². The normalized spacial score (nSPS) is 13.3. The third-order valence-corrected chi connectivity index (χ3v) is 4.98. The molecular formula is C21H26N3O3+. The van der Waals surface area contributed by atoms with Crippen LogP contribution in [-0.4, -0.2) is 37.7 Å². The van der Waals surface area contributed by atoms with Gasteiger partial charge in [-0.1, -0.05) is 30.3 Å². The molecule has 1 aromatic heterocycles. The van der Waals surface area contributed by atoms with Crippen LogP contribution < -0.4 is 20.5 Å². The number of carbonyl (C=O) groups excluding carboxylic acids is 1. The van der Waals surface area contributed by atoms with E-state index in [1.54, 1.807) is 14.2 Å². The van der Waals surface area contributed by atoms with Gasteiger partial charge in [0.05, 0.1) is 26.7 Å². The van der Waals surface area contributed by atoms with E-state index in [-0.39, 0.29) is 17.9 Å². The highest BCUT2D eigenvalue weighted by Crippen LogP contribution is 2.39. The molecule has 142 valence electrons. The summed E-state index contributed by atoms with van der Waals surface area (Å²) in [6.07, 6.45) is 2.02. The number of aromatic nitrogens is 1. The molecule has 0 fully saturated rings. The number of hydrogen-bond donors (Lipinski definition) is 3. The zero-order valence-corrected chi connectivity index (χ0v) is 15.9. The second kappa shape index (κ2) is 8.14. The maximum atomic E-state index is 11.5. The van der Waals surface area contributed by atoms with Crippen molar-refractivity contribution < 1.29 is 19.6 Å². The summed E-state index contributed by atoms with van der Waals surface area (Å²) < 4.78 is 11.2. The first kappa shape index (κ1) is 18.8. The first-order valence-electron chi connectivity index (χ1n) is 8.96. The standard InChI is InChI=1S/C21H25N3O3/c1-13(21(22)25)23-11-17(15-8-6-10-19(26-2)20(15)27-3)16-12-24-18-9-5-4-7-14(16)18/h4-10,12-13,17,23-24H,11H2,1-3H3,(H2,22,25)/p+1/t13-,17+/m0/s1. The Labute approximate surface area is 158 Å². The average Bonchev–Trinajstić information content (AvgIpc) is 3.11. The van der Waals surface area contributed by atoms with Crippen molar-refractivity contribution in [1.29, 1.82) is 0 Å². The molecule has 3 rings (SSSR count). The van der Waals surface area contributed by atoms with Crippen molar-refractivity contribution in [2.24, 2.45) is 5.73 Å². The number of methoxy groups -OCH3 is 2. The van der Waals surface area contributed by atoms with Crippen molar-refractivity contribution in [3.63, 3.8) is 0 Å². The van der Waals surface area contributed by atoms with Crippen LogP contribution in [-0.2, 0) is 4.79 Å². The first-order chi connectivity index (χ1) is 13.1. The molecular weight excluding hydrogens is 342 g/mol. The zero-order chi connectivity index (χ0) is 19.4. The third-order valence-electron chi connectivity index (χ3n) is 4.98. The van der Waals surface area contributed by atoms with Crippen LogP contribution in [0.4, 0.5) is 0 Å². The van der Waals surface area contributed by atoms with Gasteiger partial charge in [0.2, 0.25) is 0 Å². The van der Waals surface area contributed by atoms with E-state index in [0.29, 0.717) is 18.0 Å². The number of ether oxygens (including phenoxy) is 2. The van der Waals surface area contributed by atoms with Crippen LogP contribution in [0.2, 0.25) is 0 Å². The van der Waals surface area contributed by atoms with Crippen molar-refractivity contribution in [1.82, 2.24) is 4.98 Å². The molecule has 0 radical (unpaired) electrons. The maximum absolute atomic E-state index is 11.5. The summed E-state index contributed by atoms with van der Waals surface area (Å²) in [7, 11) is 3.27. The quantitative estimate of drug-likeness (QED) is 0.565. The van der Waals surface area contributed by atoms with E-state index in [1.807, 2.05) is 48.8 Å². The average molecular weight is 368 g/mol. The highest BCUT2D eigenvalue weighted by Gasteiger charge is 2.26. The van der Waals surface area contributed by atoms with Gasteiger partial charge in [0.15, 0.2) is 17.5 Å². The molecule has 2 atom stereocenters. The predicted molar refractivity (Wildman–Crippen MR) is 105 cm³/mol. The molecule has 27 heavy (non-hydrogen) atoms. The van der Waals surface area contributed by atoms with Crippen LogP contribution in [0, 0.1) is 0 Å². The summed E-state index contributed by atoms with van der Waals surface area (Å²) in [6, 6.07) is 13.7. The van der Waals surface area contributed by atoms with Gasteiger partial charge in [0.25, 0.3) is 5.91 Å². The Bertz CT molecular complexity index is 935. The molecule has 3 aromatic rings. The largest absolute Gasteiger partial charge is 0.493 e. The van der Waals surface area contributed by atoms with E-state index in [1.165, 1.54) is 0 Å². The molecule has 0 saturated carbocycles. The van der Waals surface area contributed by atoms with E-state index in [0.717, 1.165) is 22.0 Å². The van der Waals surface area contributed by atoms with Crippen LogP contribution >= 0.6 is 0 Å². The number of para-hydroxylation sites is 2. The molecule has 0 bridgehead atoms. The summed E-state index contributed by atoms with van der Waals surface area (Å²) in [6.45, 7) is 2.47. The summed E-state index contributed by atoms with van der Waals surface area (Å²) in [5.41, 5.74) is 8.67. The number of quaternary nitrogens is 1. The molecule has 0 aliphatic carbocycles. The number of benzene rings is 2. The Hall–Kier alpha value is -2.99. The summed E-state index contributed by atoms with van der Waals surface area (Å²) in [5.74, 6) is 1.05. The monoisotopic (exact) mass is 368 g/mol. The van der Waals surface area contributed by atoms with Crippen molar-refractivity contribution in [3.8, 4) is 11.5 Å². The fourth-order valence-corrected chi connectivity index (χ4v) is 3.45. The molecule has 0 unspecified atom stereocenters. The SMILES string of the molecule is COc1cccc([C@@H](C[NH2+][C@@H](C)C(N)=O)c2c[nH]c3ccccc23)c1OC. The van der Waals surface area contributed by atoms with Crippen LogP contribution in [0.15, 0.2) is 48.7 Å². The van der Waals surface area contributed by atoms with Crippen molar-refractivity contribution in [2.45, 2.75) is 18.9 Å². The number of rotatable bonds is 8. The van der Waals surface area contributed by atoms with E-state index in [2.05, 4.69) is 17.1 Å². The van der Waals surface area contributed by atoms with Gasteiger partial charge in [-0.2, -0.15) is 0 Å². The minimum absolute atomic E-state index is 0.00648. The molecule has 1 amide bonds. The van der Waals surface area contributed by atoms with Crippen LogP contribution in [0.5, 0.6) is 11.5 Å². The molecule has 0 aliphatic heterocycles. The number of nitrogens with one attached hydrogen (secondary N) is 1. The Morgan fingerprint density at radius 1 is 1.11 bits per heavy atom. The highest BCUT2D eigenvalue weighted by atomic mass is 16.5. The minimum Gasteiger partial charge on any atom is -0.493 e. The fourth-order valence-electron chi connectivity index (χ4n) is 3.45. The highest BCUT2D eigenvalue weighted by molar-refractivity contribution is 5.84. The number of H-pyrrole nitrogens is 1. The van der Waals surface area contributed by atoms with Crippen LogP contribution in [0.1, 0.15) is 24.0 Å². The molecule has 1 heterocycles. The van der Waals surface area contributed by atoms with E-state index >= 15 is 0 Å². The Balaban J connectivity index is 2.09. The van der Waals surface area contributed by atoms with Gasteiger partial charge in [0.1, 0.15) is 0 Å². The first-order valence-corrected chi connectivity index (χ1v) is 8.96. The predicted octanol–water partition coefficient (Wildman–Crippen LogP) is 1.75. The lowest BCUT2D eigenvalue weighted by atomic mass is 9.89. The molecule has 2 aromatic carbocycles. The summed E-state index contributed by atoms with van der Waals surface area (Å²) in [4.78, 5) is 14.8. The van der Waals surface area contributed by atoms with Gasteiger partial charge < -0.3 is 25.5 Å². The number of aromatic amines is 1. The minimum atomic E-state index is -0.328. The zero-order valence-electron chi connectivity index (χ0n) is 15.9. The Morgan fingerprint density at radius 3 is 2.59 bits per heavy atom. The number of primary amides is 1. The third kappa shape index (κ3) is 3.75. The molecule has 6 heteroatoms. The van der Waals surface area contributed by atoms with Crippen LogP contribution in [0.25, 0.3) is 10.9 Å². The van der Waals surface area contributed by atoms with Gasteiger partial charge >= 0.3 is 0 Å². The van der Waals surface area contributed by atoms with Gasteiger partial charge in [-0.05, 0) is 24.6 Å². The van der Waals surface area contributed by atoms with Crippen molar-refractivity contribution >= 4 is 16.8 Å². The molecule has 0 spiro atoms. The number of carbonyl (C=O) groups is 1. The van der Waals surface area contributed by atoms with E-state index < -0.39 is 0 Å². The summed E-state index contributed by atoms with van der Waals surface area (Å²) in [5, 5.41) is 3.11.